The first-order valence-electron chi connectivity index (χ1n) is 15.9. The Morgan fingerprint density at radius 3 is 2.50 bits per heavy atom. The maximum Gasteiger partial charge on any atom is 0.292 e. The summed E-state index contributed by atoms with van der Waals surface area (Å²) in [6.45, 7) is 15.4. The highest BCUT2D eigenvalue weighted by Gasteiger charge is 2.43. The maximum atomic E-state index is 12.0. The molecule has 42 heavy (non-hydrogen) atoms. The van der Waals surface area contributed by atoms with Crippen LogP contribution in [0.3, 0.4) is 0 Å². The molecule has 4 aliphatic rings. The maximum absolute atomic E-state index is 12.0. The van der Waals surface area contributed by atoms with E-state index in [-0.39, 0.29) is 11.3 Å². The van der Waals surface area contributed by atoms with E-state index in [0.29, 0.717) is 29.9 Å². The van der Waals surface area contributed by atoms with Gasteiger partial charge in [0.2, 0.25) is 0 Å². The first kappa shape index (κ1) is 30.2. The van der Waals surface area contributed by atoms with Gasteiger partial charge in [-0.2, -0.15) is 5.26 Å². The number of hydrogen-bond acceptors (Lipinski definition) is 4. The Morgan fingerprint density at radius 2 is 1.90 bits per heavy atom. The molecule has 0 radical (unpaired) electrons. The van der Waals surface area contributed by atoms with Crippen molar-refractivity contribution >= 4 is 5.91 Å². The molecule has 1 amide bonds. The summed E-state index contributed by atoms with van der Waals surface area (Å²) in [5, 5.41) is 12.2. The van der Waals surface area contributed by atoms with E-state index in [0.717, 1.165) is 56.3 Å². The summed E-state index contributed by atoms with van der Waals surface area (Å²) < 4.78 is 6.31. The molecule has 1 aromatic carbocycles. The van der Waals surface area contributed by atoms with E-state index in [9.17, 15) is 15.0 Å². The number of amides is 1. The Balaban J connectivity index is 1.24. The number of nitrogens with zero attached hydrogens (tertiary/aromatic N) is 2. The van der Waals surface area contributed by atoms with Gasteiger partial charge >= 0.3 is 0 Å². The molecule has 0 spiro atoms. The van der Waals surface area contributed by atoms with Crippen LogP contribution in [0.1, 0.15) is 114 Å². The Bertz CT molecular complexity index is 1360. The highest BCUT2D eigenvalue weighted by molar-refractivity contribution is 5.82. The summed E-state index contributed by atoms with van der Waals surface area (Å²) in [4.78, 5) is 22.8. The monoisotopic (exact) mass is 566 g/mol. The second-order valence-corrected chi connectivity index (χ2v) is 14.1. The Kier molecular flexibility index (Phi) is 8.74. The topological polar surface area (TPSA) is 79.5 Å². The fraction of sp³-hybridized carbons (Fsp3) is 0.568. The van der Waals surface area contributed by atoms with Crippen molar-refractivity contribution in [1.82, 2.24) is 0 Å². The lowest BCUT2D eigenvalue weighted by molar-refractivity contribution is -0.128. The van der Waals surface area contributed by atoms with Crippen molar-refractivity contribution in [2.75, 3.05) is 6.61 Å². The fourth-order valence-corrected chi connectivity index (χ4v) is 8.10. The number of carbonyl (C=O) groups excluding carboxylic acids is 1. The Hall–Kier alpha value is -3.26. The van der Waals surface area contributed by atoms with Gasteiger partial charge in [-0.05, 0) is 130 Å². The smallest absolute Gasteiger partial charge is 0.292 e. The van der Waals surface area contributed by atoms with Gasteiger partial charge in [-0.3, -0.25) is 4.79 Å². The Morgan fingerprint density at radius 1 is 1.19 bits per heavy atom. The van der Waals surface area contributed by atoms with Gasteiger partial charge in [-0.15, -0.1) is 4.91 Å². The molecule has 5 heteroatoms. The molecule has 1 unspecified atom stereocenters. The molecule has 1 atom stereocenters. The molecule has 0 heterocycles. The lowest BCUT2D eigenvalue weighted by Gasteiger charge is -2.47. The van der Waals surface area contributed by atoms with Crippen LogP contribution in [-0.4, -0.2) is 12.5 Å². The van der Waals surface area contributed by atoms with Gasteiger partial charge in [-0.1, -0.05) is 50.8 Å². The SMILES string of the molecule is C=CC1=C(C#N)C=CC(c2c(OCC)cc(CC3CC(C)(CC(=C)C4CCC(C)(C(=O)N=O)CC4)C3)cc2C2CC2)C1. The van der Waals surface area contributed by atoms with Crippen LogP contribution < -0.4 is 4.74 Å². The van der Waals surface area contributed by atoms with Crippen molar-refractivity contribution in [3.05, 3.63) is 81.8 Å². The zero-order chi connectivity index (χ0) is 30.1. The number of carbonyl (C=O) groups is 1. The van der Waals surface area contributed by atoms with Crippen molar-refractivity contribution in [3.8, 4) is 11.8 Å². The first-order chi connectivity index (χ1) is 20.1. The van der Waals surface area contributed by atoms with Gasteiger partial charge in [0.15, 0.2) is 0 Å². The molecule has 0 aliphatic heterocycles. The minimum atomic E-state index is -0.587. The molecule has 1 aromatic rings. The van der Waals surface area contributed by atoms with Gasteiger partial charge < -0.3 is 4.74 Å². The summed E-state index contributed by atoms with van der Waals surface area (Å²) in [5.41, 5.74) is 6.87. The number of ether oxygens (including phenoxy) is 1. The average molecular weight is 567 g/mol. The van der Waals surface area contributed by atoms with E-state index in [1.54, 1.807) is 0 Å². The van der Waals surface area contributed by atoms with Crippen molar-refractivity contribution in [1.29, 1.82) is 5.26 Å². The lowest BCUT2D eigenvalue weighted by Crippen LogP contribution is -2.37. The number of nitriles is 1. The van der Waals surface area contributed by atoms with Crippen molar-refractivity contribution in [3.63, 3.8) is 0 Å². The molecule has 0 bridgehead atoms. The molecule has 0 saturated heterocycles. The van der Waals surface area contributed by atoms with Crippen molar-refractivity contribution in [2.24, 2.45) is 27.8 Å². The third-order valence-electron chi connectivity index (χ3n) is 10.6. The van der Waals surface area contributed by atoms with Gasteiger partial charge in [0.25, 0.3) is 5.91 Å². The molecule has 0 aromatic heterocycles. The van der Waals surface area contributed by atoms with E-state index < -0.39 is 11.3 Å². The van der Waals surface area contributed by atoms with E-state index in [4.69, 9.17) is 4.74 Å². The summed E-state index contributed by atoms with van der Waals surface area (Å²) in [6, 6.07) is 7.07. The lowest BCUT2D eigenvalue weighted by atomic mass is 9.57. The number of nitroso groups, excluding NO2 is 1. The van der Waals surface area contributed by atoms with Gasteiger partial charge in [0.05, 0.1) is 23.7 Å². The number of rotatable bonds is 11. The quantitative estimate of drug-likeness (QED) is 0.197. The highest BCUT2D eigenvalue weighted by Crippen LogP contribution is 2.54. The second-order valence-electron chi connectivity index (χ2n) is 14.1. The van der Waals surface area contributed by atoms with Crippen molar-refractivity contribution in [2.45, 2.75) is 103 Å². The summed E-state index contributed by atoms with van der Waals surface area (Å²) in [7, 11) is 0. The van der Waals surface area contributed by atoms with Crippen LogP contribution in [-0.2, 0) is 11.2 Å². The van der Waals surface area contributed by atoms with Gasteiger partial charge in [0, 0.05) is 16.7 Å². The van der Waals surface area contributed by atoms with Crippen LogP contribution >= 0.6 is 0 Å². The van der Waals surface area contributed by atoms with Crippen molar-refractivity contribution < 1.29 is 9.53 Å². The third kappa shape index (κ3) is 6.24. The predicted molar refractivity (Wildman–Crippen MR) is 168 cm³/mol. The summed E-state index contributed by atoms with van der Waals surface area (Å²) >= 11 is 0. The zero-order valence-corrected chi connectivity index (χ0v) is 25.7. The standard InChI is InChI=1S/C37H46N2O3/c1-6-27-19-30(10-11-31(27)23-38)34-32(29-8-9-29)17-25(18-33(34)42-7-2)16-26-21-36(4,22-26)20-24(3)28-12-14-37(5,15-13-28)35(40)39-41/h6,10-11,17-18,26,28-30H,1,3,7-9,12-16,19-22H2,2,4-5H3. The minimum Gasteiger partial charge on any atom is -0.494 e. The third-order valence-corrected chi connectivity index (χ3v) is 10.6. The van der Waals surface area contributed by atoms with E-state index in [1.807, 2.05) is 19.1 Å². The summed E-state index contributed by atoms with van der Waals surface area (Å²) in [6.07, 6.45) is 17.0. The van der Waals surface area contributed by atoms with E-state index >= 15 is 0 Å². The summed E-state index contributed by atoms with van der Waals surface area (Å²) in [5.74, 6) is 2.41. The van der Waals surface area contributed by atoms with Gasteiger partial charge in [-0.25, -0.2) is 0 Å². The Labute approximate surface area is 251 Å². The average Bonchev–Trinajstić information content (AvgIpc) is 3.81. The molecule has 4 aliphatic carbocycles. The minimum absolute atomic E-state index is 0.199. The van der Waals surface area contributed by atoms with Crippen LogP contribution in [0.25, 0.3) is 0 Å². The van der Waals surface area contributed by atoms with Crippen LogP contribution in [0.5, 0.6) is 5.75 Å². The fourth-order valence-electron chi connectivity index (χ4n) is 8.10. The highest BCUT2D eigenvalue weighted by atomic mass is 16.5. The molecule has 3 saturated carbocycles. The second kappa shape index (κ2) is 12.2. The van der Waals surface area contributed by atoms with E-state index in [1.165, 1.54) is 47.9 Å². The van der Waals surface area contributed by atoms with Crippen LogP contribution in [0, 0.1) is 38.9 Å². The number of allylic oxidation sites excluding steroid dienone is 6. The number of hydrogen-bond donors (Lipinski definition) is 0. The zero-order valence-electron chi connectivity index (χ0n) is 25.7. The van der Waals surface area contributed by atoms with Crippen LogP contribution in [0.4, 0.5) is 0 Å². The van der Waals surface area contributed by atoms with Gasteiger partial charge in [0.1, 0.15) is 5.75 Å². The molecule has 5 rings (SSSR count). The van der Waals surface area contributed by atoms with Crippen LogP contribution in [0.2, 0.25) is 0 Å². The van der Waals surface area contributed by atoms with E-state index in [2.05, 4.69) is 56.5 Å². The molecule has 5 nitrogen and oxygen atoms in total. The molecule has 0 N–H and O–H groups in total. The predicted octanol–water partition coefficient (Wildman–Crippen LogP) is 9.41. The molecular weight excluding hydrogens is 520 g/mol. The molecule has 3 fully saturated rings. The molecular formula is C37H46N2O3. The normalized spacial score (nSPS) is 30.7. The number of benzene rings is 1. The largest absolute Gasteiger partial charge is 0.494 e. The van der Waals surface area contributed by atoms with Crippen LogP contribution in [0.15, 0.2) is 65.4 Å². The molecule has 222 valence electrons. The first-order valence-corrected chi connectivity index (χ1v) is 15.9.